The lowest BCUT2D eigenvalue weighted by atomic mass is 10.0. The van der Waals surface area contributed by atoms with Crippen molar-refractivity contribution in [2.24, 2.45) is 0 Å². The molecule has 0 radical (unpaired) electrons. The summed E-state index contributed by atoms with van der Waals surface area (Å²) in [5.74, 6) is -1.28. The highest BCUT2D eigenvalue weighted by Gasteiger charge is 2.34. The number of anilines is 1. The number of unbranched alkanes of at least 4 members (excludes halogenated alkanes) is 1. The minimum Gasteiger partial charge on any atom is -0.363 e. The summed E-state index contributed by atoms with van der Waals surface area (Å²) in [6.45, 7) is 6.59. The second-order valence-corrected chi connectivity index (χ2v) is 8.51. The molecule has 1 fully saturated rings. The summed E-state index contributed by atoms with van der Waals surface area (Å²) in [5.41, 5.74) is 0.0754. The van der Waals surface area contributed by atoms with Crippen molar-refractivity contribution in [3.8, 4) is 0 Å². The number of ether oxygens (including phenoxy) is 1. The van der Waals surface area contributed by atoms with Crippen LogP contribution in [0.2, 0.25) is 0 Å². The van der Waals surface area contributed by atoms with E-state index in [1.165, 1.54) is 24.5 Å². The molecule has 0 saturated carbocycles. The normalized spacial score (nSPS) is 15.8. The minimum absolute atomic E-state index is 0.0313. The predicted molar refractivity (Wildman–Crippen MR) is 122 cm³/mol. The number of halogens is 4. The summed E-state index contributed by atoms with van der Waals surface area (Å²) in [7, 11) is 0. The van der Waals surface area contributed by atoms with Crippen LogP contribution in [0.4, 0.5) is 23.2 Å². The van der Waals surface area contributed by atoms with E-state index in [1.807, 2.05) is 18.2 Å². The van der Waals surface area contributed by atoms with E-state index >= 15 is 0 Å². The Morgan fingerprint density at radius 3 is 2.48 bits per heavy atom. The lowest BCUT2D eigenvalue weighted by molar-refractivity contribution is -0.139. The molecule has 0 atom stereocenters. The van der Waals surface area contributed by atoms with Gasteiger partial charge in [0.05, 0.1) is 5.56 Å². The maximum absolute atomic E-state index is 13.5. The molecule has 0 unspecified atom stereocenters. The standard InChI is InChI=1S/C25H33F4N3O/c1-2-3-13-31-14-11-22(12-15-31)32(17-20-7-5-4-6-8-20)19-33-18-30-21-9-10-24(26)23(16-21)25(27,28)29/h4-10,16,22,30H,2-3,11-15,17-19H2,1H3. The fourth-order valence-electron chi connectivity index (χ4n) is 4.14. The maximum Gasteiger partial charge on any atom is 0.419 e. The lowest BCUT2D eigenvalue weighted by Crippen LogP contribution is -2.45. The molecule has 33 heavy (non-hydrogen) atoms. The van der Waals surface area contributed by atoms with Crippen LogP contribution >= 0.6 is 0 Å². The molecule has 182 valence electrons. The number of alkyl halides is 3. The van der Waals surface area contributed by atoms with Gasteiger partial charge in [-0.05, 0) is 62.7 Å². The summed E-state index contributed by atoms with van der Waals surface area (Å²) in [5, 5.41) is 2.81. The molecule has 1 aliphatic rings. The molecule has 0 bridgehead atoms. The number of piperidine rings is 1. The zero-order valence-corrected chi connectivity index (χ0v) is 19.1. The molecule has 4 nitrogen and oxygen atoms in total. The van der Waals surface area contributed by atoms with Gasteiger partial charge in [0, 0.05) is 18.3 Å². The summed E-state index contributed by atoms with van der Waals surface area (Å²) in [6.07, 6.45) is -0.215. The van der Waals surface area contributed by atoms with Gasteiger partial charge >= 0.3 is 6.18 Å². The Hall–Kier alpha value is -2.16. The van der Waals surface area contributed by atoms with Crippen molar-refractivity contribution in [2.75, 3.05) is 38.4 Å². The third kappa shape index (κ3) is 7.98. The number of likely N-dealkylation sites (tertiary alicyclic amines) is 1. The number of nitrogens with zero attached hydrogens (tertiary/aromatic N) is 2. The summed E-state index contributed by atoms with van der Waals surface area (Å²) in [6, 6.07) is 13.4. The molecule has 2 aromatic rings. The Kier molecular flexibility index (Phi) is 9.52. The van der Waals surface area contributed by atoms with Crippen LogP contribution in [0.25, 0.3) is 0 Å². The molecule has 1 saturated heterocycles. The van der Waals surface area contributed by atoms with Gasteiger partial charge in [0.25, 0.3) is 0 Å². The van der Waals surface area contributed by atoms with Crippen LogP contribution < -0.4 is 5.32 Å². The zero-order valence-electron chi connectivity index (χ0n) is 19.1. The maximum atomic E-state index is 13.5. The van der Waals surface area contributed by atoms with Gasteiger partial charge in [-0.15, -0.1) is 0 Å². The van der Waals surface area contributed by atoms with Crippen LogP contribution in [0.3, 0.4) is 0 Å². The van der Waals surface area contributed by atoms with Crippen LogP contribution in [0, 0.1) is 5.82 Å². The van der Waals surface area contributed by atoms with Crippen LogP contribution in [0.1, 0.15) is 43.7 Å². The molecule has 2 aromatic carbocycles. The highest BCUT2D eigenvalue weighted by Crippen LogP contribution is 2.33. The first-order chi connectivity index (χ1) is 15.9. The van der Waals surface area contributed by atoms with Crippen LogP contribution in [-0.4, -0.2) is 48.9 Å². The van der Waals surface area contributed by atoms with E-state index in [0.29, 0.717) is 12.8 Å². The lowest BCUT2D eigenvalue weighted by Gasteiger charge is -2.38. The van der Waals surface area contributed by atoms with Crippen molar-refractivity contribution in [2.45, 2.75) is 51.4 Å². The molecule has 8 heteroatoms. The molecule has 0 aliphatic carbocycles. The molecule has 0 spiro atoms. The largest absolute Gasteiger partial charge is 0.419 e. The molecular weight excluding hydrogens is 434 g/mol. The van der Waals surface area contributed by atoms with Crippen molar-refractivity contribution in [3.63, 3.8) is 0 Å². The molecule has 1 aliphatic heterocycles. The molecule has 0 aromatic heterocycles. The van der Waals surface area contributed by atoms with Crippen LogP contribution in [0.5, 0.6) is 0 Å². The van der Waals surface area contributed by atoms with E-state index in [9.17, 15) is 17.6 Å². The Bertz CT molecular complexity index is 839. The smallest absolute Gasteiger partial charge is 0.363 e. The molecule has 0 amide bonds. The number of hydrogen-bond acceptors (Lipinski definition) is 4. The van der Waals surface area contributed by atoms with Gasteiger partial charge < -0.3 is 15.0 Å². The first-order valence-corrected chi connectivity index (χ1v) is 11.6. The number of hydrogen-bond donors (Lipinski definition) is 1. The first kappa shape index (κ1) is 25.5. The highest BCUT2D eigenvalue weighted by atomic mass is 19.4. The van der Waals surface area contributed by atoms with Crippen molar-refractivity contribution >= 4 is 5.69 Å². The molecular formula is C25H33F4N3O. The van der Waals surface area contributed by atoms with E-state index in [4.69, 9.17) is 4.74 Å². The van der Waals surface area contributed by atoms with E-state index in [2.05, 4.69) is 34.2 Å². The van der Waals surface area contributed by atoms with E-state index in [0.717, 1.165) is 51.2 Å². The van der Waals surface area contributed by atoms with Crippen molar-refractivity contribution < 1.29 is 22.3 Å². The van der Waals surface area contributed by atoms with Crippen molar-refractivity contribution in [1.29, 1.82) is 0 Å². The van der Waals surface area contributed by atoms with E-state index in [1.54, 1.807) is 0 Å². The highest BCUT2D eigenvalue weighted by molar-refractivity contribution is 5.46. The van der Waals surface area contributed by atoms with Crippen LogP contribution in [-0.2, 0) is 17.5 Å². The second kappa shape index (κ2) is 12.3. The summed E-state index contributed by atoms with van der Waals surface area (Å²) in [4.78, 5) is 4.80. The van der Waals surface area contributed by atoms with E-state index < -0.39 is 17.6 Å². The number of rotatable bonds is 11. The van der Waals surface area contributed by atoms with Gasteiger partial charge in [0.15, 0.2) is 0 Å². The quantitative estimate of drug-likeness (QED) is 0.251. The monoisotopic (exact) mass is 467 g/mol. The number of nitrogens with one attached hydrogen (secondary N) is 1. The Labute approximate surface area is 193 Å². The van der Waals surface area contributed by atoms with Crippen molar-refractivity contribution in [1.82, 2.24) is 9.80 Å². The van der Waals surface area contributed by atoms with Gasteiger partial charge in [-0.25, -0.2) is 4.39 Å². The predicted octanol–water partition coefficient (Wildman–Crippen LogP) is 5.95. The number of benzene rings is 2. The topological polar surface area (TPSA) is 27.7 Å². The third-order valence-corrected chi connectivity index (χ3v) is 6.04. The molecule has 3 rings (SSSR count). The van der Waals surface area contributed by atoms with Crippen LogP contribution in [0.15, 0.2) is 48.5 Å². The zero-order chi connectivity index (χ0) is 23.7. The summed E-state index contributed by atoms with van der Waals surface area (Å²) >= 11 is 0. The Balaban J connectivity index is 1.55. The first-order valence-electron chi connectivity index (χ1n) is 11.6. The average Bonchev–Trinajstić information content (AvgIpc) is 2.81. The van der Waals surface area contributed by atoms with Gasteiger partial charge in [-0.1, -0.05) is 43.7 Å². The van der Waals surface area contributed by atoms with Gasteiger partial charge in [-0.3, -0.25) is 4.90 Å². The van der Waals surface area contributed by atoms with E-state index in [-0.39, 0.29) is 12.4 Å². The Morgan fingerprint density at radius 2 is 1.82 bits per heavy atom. The minimum atomic E-state index is -4.74. The average molecular weight is 468 g/mol. The fourth-order valence-corrected chi connectivity index (χ4v) is 4.14. The van der Waals surface area contributed by atoms with Crippen molar-refractivity contribution in [3.05, 3.63) is 65.5 Å². The molecule has 1 N–H and O–H groups in total. The second-order valence-electron chi connectivity index (χ2n) is 8.51. The molecule has 1 heterocycles. The SMILES string of the molecule is CCCCN1CCC(N(COCNc2ccc(F)c(C(F)(F)F)c2)Cc2ccccc2)CC1. The fraction of sp³-hybridized carbons (Fsp3) is 0.520. The Morgan fingerprint density at radius 1 is 1.09 bits per heavy atom. The third-order valence-electron chi connectivity index (χ3n) is 6.04. The van der Waals surface area contributed by atoms with Gasteiger partial charge in [0.2, 0.25) is 0 Å². The van der Waals surface area contributed by atoms with Gasteiger partial charge in [-0.2, -0.15) is 13.2 Å². The summed E-state index contributed by atoms with van der Waals surface area (Å²) < 4.78 is 58.0. The van der Waals surface area contributed by atoms with Gasteiger partial charge in [0.1, 0.15) is 19.3 Å².